The smallest absolute Gasteiger partial charge is 0.271 e. The normalized spacial score (nSPS) is 19.3. The zero-order valence-corrected chi connectivity index (χ0v) is 15.3. The van der Waals surface area contributed by atoms with E-state index in [0.717, 1.165) is 44.1 Å². The minimum absolute atomic E-state index is 0.000790. The Balaban J connectivity index is 1.78. The molecule has 3 rings (SSSR count). The van der Waals surface area contributed by atoms with Crippen LogP contribution in [0, 0.1) is 0 Å². The van der Waals surface area contributed by atoms with E-state index in [-0.39, 0.29) is 6.04 Å². The monoisotopic (exact) mass is 373 g/mol. The molecule has 0 bridgehead atoms. The SMILES string of the molecule is CS(=O)(=O)N1CCCc2cc(NS(=O)(=O)NC3CCCC3)ccc21. The Labute approximate surface area is 143 Å². The van der Waals surface area contributed by atoms with Crippen LogP contribution in [0.15, 0.2) is 18.2 Å². The molecule has 24 heavy (non-hydrogen) atoms. The maximum Gasteiger partial charge on any atom is 0.299 e. The third-order valence-electron chi connectivity index (χ3n) is 4.49. The minimum atomic E-state index is -3.62. The molecular weight excluding hydrogens is 350 g/mol. The van der Waals surface area contributed by atoms with Crippen LogP contribution >= 0.6 is 0 Å². The number of nitrogens with zero attached hydrogens (tertiary/aromatic N) is 1. The van der Waals surface area contributed by atoms with Crippen molar-refractivity contribution in [2.45, 2.75) is 44.6 Å². The Hall–Kier alpha value is -1.32. The van der Waals surface area contributed by atoms with Gasteiger partial charge in [-0.2, -0.15) is 13.1 Å². The van der Waals surface area contributed by atoms with Crippen LogP contribution in [0.5, 0.6) is 0 Å². The highest BCUT2D eigenvalue weighted by Gasteiger charge is 2.25. The summed E-state index contributed by atoms with van der Waals surface area (Å²) >= 11 is 0. The molecule has 0 saturated heterocycles. The van der Waals surface area contributed by atoms with E-state index in [1.807, 2.05) is 0 Å². The van der Waals surface area contributed by atoms with Gasteiger partial charge in [-0.1, -0.05) is 12.8 Å². The highest BCUT2D eigenvalue weighted by atomic mass is 32.2. The van der Waals surface area contributed by atoms with Crippen LogP contribution in [0.2, 0.25) is 0 Å². The Morgan fingerprint density at radius 1 is 1.08 bits per heavy atom. The number of nitrogens with one attached hydrogen (secondary N) is 2. The topological polar surface area (TPSA) is 95.6 Å². The second-order valence-corrected chi connectivity index (χ2v) is 9.84. The zero-order valence-electron chi connectivity index (χ0n) is 13.7. The summed E-state index contributed by atoms with van der Waals surface area (Å²) < 4.78 is 54.7. The lowest BCUT2D eigenvalue weighted by Gasteiger charge is -2.29. The van der Waals surface area contributed by atoms with Crippen molar-refractivity contribution in [1.82, 2.24) is 4.72 Å². The van der Waals surface area contributed by atoms with E-state index in [1.54, 1.807) is 18.2 Å². The van der Waals surface area contributed by atoms with E-state index in [1.165, 1.54) is 10.6 Å². The maximum atomic E-state index is 12.2. The van der Waals surface area contributed by atoms with Gasteiger partial charge in [-0.05, 0) is 49.4 Å². The van der Waals surface area contributed by atoms with E-state index in [2.05, 4.69) is 9.44 Å². The van der Waals surface area contributed by atoms with Gasteiger partial charge in [0.05, 0.1) is 17.6 Å². The first-order valence-corrected chi connectivity index (χ1v) is 11.5. The molecule has 2 N–H and O–H groups in total. The standard InChI is InChI=1S/C15H23N3O4S2/c1-23(19,20)18-10-4-5-12-11-14(8-9-15(12)18)17-24(21,22)16-13-6-2-3-7-13/h8-9,11,13,16-17H,2-7,10H2,1H3. The fourth-order valence-corrected chi connectivity index (χ4v) is 5.59. The number of aryl methyl sites for hydroxylation is 1. The summed E-state index contributed by atoms with van der Waals surface area (Å²) in [6, 6.07) is 5.00. The van der Waals surface area contributed by atoms with Crippen molar-refractivity contribution in [1.29, 1.82) is 0 Å². The van der Waals surface area contributed by atoms with E-state index in [0.29, 0.717) is 17.9 Å². The fourth-order valence-electron chi connectivity index (χ4n) is 3.42. The summed E-state index contributed by atoms with van der Waals surface area (Å²) in [6.45, 7) is 0.458. The lowest BCUT2D eigenvalue weighted by molar-refractivity contribution is 0.557. The summed E-state index contributed by atoms with van der Waals surface area (Å²) in [7, 11) is -6.94. The van der Waals surface area contributed by atoms with Crippen molar-refractivity contribution in [3.8, 4) is 0 Å². The molecule has 7 nitrogen and oxygen atoms in total. The van der Waals surface area contributed by atoms with E-state index < -0.39 is 20.2 Å². The molecule has 9 heteroatoms. The number of hydrogen-bond donors (Lipinski definition) is 2. The molecule has 1 fully saturated rings. The van der Waals surface area contributed by atoms with Crippen molar-refractivity contribution < 1.29 is 16.8 Å². The molecule has 1 saturated carbocycles. The maximum absolute atomic E-state index is 12.2. The van der Waals surface area contributed by atoms with Gasteiger partial charge in [0.25, 0.3) is 10.2 Å². The van der Waals surface area contributed by atoms with Crippen LogP contribution in [0.25, 0.3) is 0 Å². The lowest BCUT2D eigenvalue weighted by Crippen LogP contribution is -2.37. The minimum Gasteiger partial charge on any atom is -0.271 e. The van der Waals surface area contributed by atoms with Gasteiger partial charge in [-0.15, -0.1) is 0 Å². The van der Waals surface area contributed by atoms with Gasteiger partial charge in [-0.25, -0.2) is 8.42 Å². The van der Waals surface area contributed by atoms with Crippen LogP contribution in [0.3, 0.4) is 0 Å². The zero-order chi connectivity index (χ0) is 17.4. The molecule has 0 amide bonds. The number of benzene rings is 1. The van der Waals surface area contributed by atoms with Gasteiger partial charge in [0.2, 0.25) is 10.0 Å². The third kappa shape index (κ3) is 4.01. The molecule has 1 heterocycles. The molecule has 0 radical (unpaired) electrons. The predicted molar refractivity (Wildman–Crippen MR) is 94.9 cm³/mol. The molecule has 1 aromatic carbocycles. The summed E-state index contributed by atoms with van der Waals surface area (Å²) in [5.41, 5.74) is 1.93. The first kappa shape index (κ1) is 17.5. The Bertz CT molecular complexity index is 815. The molecular formula is C15H23N3O4S2. The molecule has 0 aromatic heterocycles. The Morgan fingerprint density at radius 2 is 1.79 bits per heavy atom. The number of hydrogen-bond acceptors (Lipinski definition) is 4. The van der Waals surface area contributed by atoms with Crippen molar-refractivity contribution in [3.05, 3.63) is 23.8 Å². The molecule has 0 spiro atoms. The van der Waals surface area contributed by atoms with Crippen LogP contribution in [0.4, 0.5) is 11.4 Å². The van der Waals surface area contributed by atoms with Crippen LogP contribution in [0.1, 0.15) is 37.7 Å². The number of anilines is 2. The summed E-state index contributed by atoms with van der Waals surface area (Å²) in [4.78, 5) is 0. The van der Waals surface area contributed by atoms with Gasteiger partial charge in [0.1, 0.15) is 0 Å². The molecule has 134 valence electrons. The van der Waals surface area contributed by atoms with Gasteiger partial charge in [0.15, 0.2) is 0 Å². The number of sulfonamides is 1. The highest BCUT2D eigenvalue weighted by Crippen LogP contribution is 2.31. The van der Waals surface area contributed by atoms with Crippen LogP contribution in [-0.2, 0) is 26.7 Å². The molecule has 0 unspecified atom stereocenters. The average Bonchev–Trinajstić information content (AvgIpc) is 2.97. The van der Waals surface area contributed by atoms with Gasteiger partial charge < -0.3 is 0 Å². The van der Waals surface area contributed by atoms with Crippen LogP contribution in [-0.4, -0.2) is 35.7 Å². The van der Waals surface area contributed by atoms with E-state index in [4.69, 9.17) is 0 Å². The number of fused-ring (bicyclic) bond motifs is 1. The van der Waals surface area contributed by atoms with Crippen molar-refractivity contribution in [2.75, 3.05) is 21.8 Å². The van der Waals surface area contributed by atoms with Gasteiger partial charge in [0, 0.05) is 12.6 Å². The first-order chi connectivity index (χ1) is 11.2. The lowest BCUT2D eigenvalue weighted by atomic mass is 10.0. The highest BCUT2D eigenvalue weighted by molar-refractivity contribution is 7.92. The van der Waals surface area contributed by atoms with Crippen LogP contribution < -0.4 is 13.7 Å². The van der Waals surface area contributed by atoms with Gasteiger partial charge in [-0.3, -0.25) is 9.03 Å². The van der Waals surface area contributed by atoms with E-state index >= 15 is 0 Å². The van der Waals surface area contributed by atoms with Crippen molar-refractivity contribution >= 4 is 31.6 Å². The first-order valence-electron chi connectivity index (χ1n) is 8.15. The van der Waals surface area contributed by atoms with Crippen molar-refractivity contribution in [2.24, 2.45) is 0 Å². The van der Waals surface area contributed by atoms with Gasteiger partial charge >= 0.3 is 0 Å². The second kappa shape index (κ2) is 6.53. The largest absolute Gasteiger partial charge is 0.299 e. The number of rotatable bonds is 5. The molecule has 2 aliphatic rings. The summed E-state index contributed by atoms with van der Waals surface area (Å²) in [5, 5.41) is 0. The molecule has 0 atom stereocenters. The molecule has 1 aliphatic heterocycles. The summed E-state index contributed by atoms with van der Waals surface area (Å²) in [6.07, 6.45) is 6.47. The van der Waals surface area contributed by atoms with E-state index in [9.17, 15) is 16.8 Å². The van der Waals surface area contributed by atoms with Crippen molar-refractivity contribution in [3.63, 3.8) is 0 Å². The Morgan fingerprint density at radius 3 is 2.46 bits per heavy atom. The quantitative estimate of drug-likeness (QED) is 0.819. The summed E-state index contributed by atoms with van der Waals surface area (Å²) in [5.74, 6) is 0. The Kier molecular flexibility index (Phi) is 4.76. The molecule has 1 aliphatic carbocycles. The second-order valence-electron chi connectivity index (χ2n) is 6.49. The predicted octanol–water partition coefficient (Wildman–Crippen LogP) is 1.59. The third-order valence-corrected chi connectivity index (χ3v) is 6.81. The molecule has 1 aromatic rings. The fraction of sp³-hybridized carbons (Fsp3) is 0.600. The average molecular weight is 374 g/mol.